The Hall–Kier alpha value is -3.49. The zero-order valence-corrected chi connectivity index (χ0v) is 14.3. The smallest absolute Gasteiger partial charge is 0.340 e. The minimum absolute atomic E-state index is 0.0454. The molecule has 1 aromatic carbocycles. The topological polar surface area (TPSA) is 127 Å². The molecule has 0 aliphatic heterocycles. The summed E-state index contributed by atoms with van der Waals surface area (Å²) in [5.74, 6) is 0.427. The molecule has 26 heavy (non-hydrogen) atoms. The Kier molecular flexibility index (Phi) is 3.57. The third-order valence-electron chi connectivity index (χ3n) is 4.52. The Balaban J connectivity index is 1.79. The zero-order chi connectivity index (χ0) is 18.4. The van der Waals surface area contributed by atoms with Crippen molar-refractivity contribution in [2.24, 2.45) is 0 Å². The second kappa shape index (κ2) is 5.80. The number of nitrogens with one attached hydrogen (secondary N) is 2. The third-order valence-corrected chi connectivity index (χ3v) is 4.52. The van der Waals surface area contributed by atoms with Gasteiger partial charge in [-0.2, -0.15) is 5.21 Å². The normalized spacial score (nSPS) is 11.3. The maximum atomic E-state index is 12.4. The van der Waals surface area contributed by atoms with Crippen LogP contribution in [0.5, 0.6) is 0 Å². The molecule has 0 saturated heterocycles. The highest BCUT2D eigenvalue weighted by Crippen LogP contribution is 2.30. The number of nitrogens with zero attached hydrogens (tertiary/aromatic N) is 3. The summed E-state index contributed by atoms with van der Waals surface area (Å²) in [6, 6.07) is 3.64. The van der Waals surface area contributed by atoms with E-state index in [2.05, 4.69) is 25.9 Å². The van der Waals surface area contributed by atoms with Crippen LogP contribution in [0.3, 0.4) is 0 Å². The Morgan fingerprint density at radius 3 is 2.58 bits per heavy atom. The molecule has 9 nitrogen and oxygen atoms in total. The molecule has 0 aliphatic carbocycles. The van der Waals surface area contributed by atoms with Gasteiger partial charge < -0.3 is 8.83 Å². The average Bonchev–Trinajstić information content (AvgIpc) is 3.19. The number of fused-ring (bicyclic) bond motifs is 2. The molecule has 4 rings (SSSR count). The highest BCUT2D eigenvalue weighted by Gasteiger charge is 2.18. The van der Waals surface area contributed by atoms with Gasteiger partial charge in [0, 0.05) is 16.8 Å². The van der Waals surface area contributed by atoms with Gasteiger partial charge in [0.1, 0.15) is 16.9 Å². The summed E-state index contributed by atoms with van der Waals surface area (Å²) < 4.78 is 11.1. The minimum atomic E-state index is -0.558. The number of aryl methyl sites for hydroxylation is 3. The molecule has 0 radical (unpaired) electrons. The third kappa shape index (κ3) is 2.53. The average molecular weight is 353 g/mol. The van der Waals surface area contributed by atoms with Gasteiger partial charge in [0.05, 0.1) is 12.0 Å². The predicted octanol–water partition coefficient (Wildman–Crippen LogP) is 2.16. The molecule has 1 amide bonds. The van der Waals surface area contributed by atoms with E-state index < -0.39 is 11.5 Å². The van der Waals surface area contributed by atoms with Crippen molar-refractivity contribution in [3.8, 4) is 0 Å². The molecule has 0 saturated carbocycles. The van der Waals surface area contributed by atoms with E-state index in [4.69, 9.17) is 8.83 Å². The molecule has 2 N–H and O–H groups in total. The van der Waals surface area contributed by atoms with Crippen LogP contribution in [0.2, 0.25) is 0 Å². The molecule has 0 fully saturated rings. The van der Waals surface area contributed by atoms with E-state index >= 15 is 0 Å². The molecule has 0 spiro atoms. The molecule has 0 aliphatic rings. The van der Waals surface area contributed by atoms with Crippen molar-refractivity contribution in [1.29, 1.82) is 0 Å². The number of amides is 1. The number of carbonyl (C=O) groups excluding carboxylic acids is 1. The number of hydrogen-bond donors (Lipinski definition) is 2. The van der Waals surface area contributed by atoms with Crippen LogP contribution >= 0.6 is 0 Å². The van der Waals surface area contributed by atoms with Gasteiger partial charge in [-0.25, -0.2) is 4.79 Å². The van der Waals surface area contributed by atoms with Crippen LogP contribution < -0.4 is 10.9 Å². The van der Waals surface area contributed by atoms with Crippen LogP contribution in [0, 0.1) is 20.8 Å². The number of furan rings is 1. The molecular weight excluding hydrogens is 338 g/mol. The maximum absolute atomic E-state index is 12.4. The minimum Gasteiger partial charge on any atom is -0.461 e. The van der Waals surface area contributed by atoms with Crippen LogP contribution in [0.1, 0.15) is 22.5 Å². The lowest BCUT2D eigenvalue weighted by Crippen LogP contribution is -2.21. The Bertz CT molecular complexity index is 1200. The van der Waals surface area contributed by atoms with E-state index in [1.807, 2.05) is 19.9 Å². The summed E-state index contributed by atoms with van der Waals surface area (Å²) in [5, 5.41) is 17.1. The van der Waals surface area contributed by atoms with Gasteiger partial charge in [-0.15, -0.1) is 5.10 Å². The van der Waals surface area contributed by atoms with Crippen molar-refractivity contribution >= 4 is 33.8 Å². The highest BCUT2D eigenvalue weighted by molar-refractivity contribution is 5.97. The Labute approximate surface area is 146 Å². The molecule has 3 heterocycles. The van der Waals surface area contributed by atoms with Gasteiger partial charge in [0.25, 0.3) is 5.95 Å². The highest BCUT2D eigenvalue weighted by atomic mass is 16.4. The molecule has 0 bridgehead atoms. The second-order valence-corrected chi connectivity index (χ2v) is 6.08. The van der Waals surface area contributed by atoms with E-state index in [1.54, 1.807) is 13.0 Å². The second-order valence-electron chi connectivity index (χ2n) is 6.08. The maximum Gasteiger partial charge on any atom is 0.340 e. The number of tetrazole rings is 1. The molecule has 0 unspecified atom stereocenters. The van der Waals surface area contributed by atoms with E-state index in [9.17, 15) is 9.59 Å². The lowest BCUT2D eigenvalue weighted by molar-refractivity contribution is -0.115. The number of aromatic nitrogens is 4. The fourth-order valence-electron chi connectivity index (χ4n) is 2.97. The Morgan fingerprint density at radius 1 is 1.12 bits per heavy atom. The zero-order valence-electron chi connectivity index (χ0n) is 14.3. The first kappa shape index (κ1) is 16.0. The fourth-order valence-corrected chi connectivity index (χ4v) is 2.97. The van der Waals surface area contributed by atoms with Crippen molar-refractivity contribution < 1.29 is 13.6 Å². The fraction of sp³-hybridized carbons (Fsp3) is 0.235. The number of anilines is 1. The van der Waals surface area contributed by atoms with Crippen molar-refractivity contribution in [2.75, 3.05) is 5.32 Å². The van der Waals surface area contributed by atoms with Crippen LogP contribution in [0.25, 0.3) is 21.9 Å². The summed E-state index contributed by atoms with van der Waals surface area (Å²) in [6.07, 6.45) is -0.153. The lowest BCUT2D eigenvalue weighted by Gasteiger charge is -2.07. The number of hydrogen-bond acceptors (Lipinski definition) is 7. The summed E-state index contributed by atoms with van der Waals surface area (Å²) in [5.41, 5.74) is 2.55. The summed E-state index contributed by atoms with van der Waals surface area (Å²) in [7, 11) is 0. The summed E-state index contributed by atoms with van der Waals surface area (Å²) >= 11 is 0. The van der Waals surface area contributed by atoms with Gasteiger partial charge in [-0.3, -0.25) is 10.1 Å². The monoisotopic (exact) mass is 353 g/mol. The van der Waals surface area contributed by atoms with E-state index in [0.29, 0.717) is 16.7 Å². The van der Waals surface area contributed by atoms with Crippen LogP contribution in [-0.4, -0.2) is 26.5 Å². The first-order chi connectivity index (χ1) is 12.4. The van der Waals surface area contributed by atoms with Gasteiger partial charge >= 0.3 is 5.63 Å². The number of H-pyrrole nitrogens is 1. The van der Waals surface area contributed by atoms with E-state index in [0.717, 1.165) is 22.1 Å². The van der Waals surface area contributed by atoms with Gasteiger partial charge in [-0.1, -0.05) is 5.10 Å². The van der Waals surface area contributed by atoms with Crippen molar-refractivity contribution in [2.45, 2.75) is 27.2 Å². The molecule has 3 aromatic heterocycles. The molecule has 9 heteroatoms. The van der Waals surface area contributed by atoms with Gasteiger partial charge in [0.15, 0.2) is 0 Å². The molecule has 4 aromatic rings. The van der Waals surface area contributed by atoms with Crippen LogP contribution in [0.15, 0.2) is 25.8 Å². The first-order valence-corrected chi connectivity index (χ1v) is 7.93. The van der Waals surface area contributed by atoms with Crippen molar-refractivity contribution in [3.63, 3.8) is 0 Å². The number of aromatic amines is 1. The number of carbonyl (C=O) groups is 1. The van der Waals surface area contributed by atoms with Crippen LogP contribution in [-0.2, 0) is 11.2 Å². The lowest BCUT2D eigenvalue weighted by atomic mass is 10.0. The Morgan fingerprint density at radius 2 is 1.85 bits per heavy atom. The molecular formula is C17H15N5O4. The van der Waals surface area contributed by atoms with Crippen molar-refractivity contribution in [3.05, 3.63) is 45.0 Å². The van der Waals surface area contributed by atoms with Crippen molar-refractivity contribution in [1.82, 2.24) is 20.6 Å². The quantitative estimate of drug-likeness (QED) is 0.540. The number of rotatable bonds is 3. The first-order valence-electron chi connectivity index (χ1n) is 7.93. The predicted molar refractivity (Wildman–Crippen MR) is 93.0 cm³/mol. The van der Waals surface area contributed by atoms with E-state index in [-0.39, 0.29) is 17.9 Å². The molecule has 0 atom stereocenters. The largest absolute Gasteiger partial charge is 0.461 e. The standard InChI is InChI=1S/C17H15N5O4/c1-7-9(3)25-13-6-14-11(4-10(7)13)8(2)12(16(24)26-14)5-15(23)18-17-19-21-22-20-17/h4,6H,5H2,1-3H3,(H2,18,19,20,21,22,23). The summed E-state index contributed by atoms with van der Waals surface area (Å²) in [4.78, 5) is 24.5. The molecule has 132 valence electrons. The van der Waals surface area contributed by atoms with E-state index in [1.165, 1.54) is 0 Å². The van der Waals surface area contributed by atoms with Gasteiger partial charge in [-0.05, 0) is 43.2 Å². The van der Waals surface area contributed by atoms with Gasteiger partial charge in [0.2, 0.25) is 5.91 Å². The summed E-state index contributed by atoms with van der Waals surface area (Å²) in [6.45, 7) is 5.65. The number of benzene rings is 1. The van der Waals surface area contributed by atoms with Crippen LogP contribution in [0.4, 0.5) is 5.95 Å². The SMILES string of the molecule is Cc1oc2cc3oc(=O)c(CC(=O)Nc4nn[nH]n4)c(C)c3cc2c1C.